The van der Waals surface area contributed by atoms with E-state index in [2.05, 4.69) is 10.3 Å². The highest BCUT2D eigenvalue weighted by atomic mass is 16.3. The van der Waals surface area contributed by atoms with Gasteiger partial charge in [-0.15, -0.1) is 0 Å². The zero-order valence-corrected chi connectivity index (χ0v) is 10.6. The van der Waals surface area contributed by atoms with E-state index in [-0.39, 0.29) is 12.5 Å². The maximum Gasteiger partial charge on any atom is 0.251 e. The van der Waals surface area contributed by atoms with Crippen molar-refractivity contribution in [2.24, 2.45) is 5.92 Å². The lowest BCUT2D eigenvalue weighted by molar-refractivity contribution is 0.0943. The van der Waals surface area contributed by atoms with E-state index in [1.54, 1.807) is 18.3 Å². The van der Waals surface area contributed by atoms with E-state index in [0.29, 0.717) is 17.2 Å². The molecule has 1 aromatic heterocycles. The number of aromatic nitrogens is 1. The maximum atomic E-state index is 11.9. The number of rotatable bonds is 4. The predicted molar refractivity (Wildman–Crippen MR) is 69.1 cm³/mol. The second-order valence-electron chi connectivity index (χ2n) is 4.91. The summed E-state index contributed by atoms with van der Waals surface area (Å²) in [5.41, 5.74) is 1.10. The molecule has 0 unspecified atom stereocenters. The Labute approximate surface area is 107 Å². The van der Waals surface area contributed by atoms with Crippen LogP contribution in [0.3, 0.4) is 0 Å². The summed E-state index contributed by atoms with van der Waals surface area (Å²) in [6.07, 6.45) is 7.89. The Kier molecular flexibility index (Phi) is 4.70. The third-order valence-electron chi connectivity index (χ3n) is 3.52. The quantitative estimate of drug-likeness (QED) is 0.855. The fourth-order valence-corrected chi connectivity index (χ4v) is 2.44. The van der Waals surface area contributed by atoms with E-state index in [0.717, 1.165) is 6.54 Å². The van der Waals surface area contributed by atoms with Crippen LogP contribution in [0, 0.1) is 5.92 Å². The lowest BCUT2D eigenvalue weighted by atomic mass is 9.89. The SMILES string of the molecule is O=C(NCC1CCCCC1)c1ccnc(CO)c1. The zero-order valence-electron chi connectivity index (χ0n) is 10.6. The largest absolute Gasteiger partial charge is 0.390 e. The highest BCUT2D eigenvalue weighted by Gasteiger charge is 2.15. The van der Waals surface area contributed by atoms with Gasteiger partial charge in [0, 0.05) is 18.3 Å². The molecule has 0 radical (unpaired) electrons. The van der Waals surface area contributed by atoms with E-state index in [1.807, 2.05) is 0 Å². The molecule has 0 bridgehead atoms. The van der Waals surface area contributed by atoms with Crippen molar-refractivity contribution in [3.8, 4) is 0 Å². The third-order valence-corrected chi connectivity index (χ3v) is 3.52. The normalized spacial score (nSPS) is 16.5. The van der Waals surface area contributed by atoms with E-state index >= 15 is 0 Å². The van der Waals surface area contributed by atoms with Gasteiger partial charge in [-0.1, -0.05) is 19.3 Å². The first-order chi connectivity index (χ1) is 8.79. The highest BCUT2D eigenvalue weighted by Crippen LogP contribution is 2.22. The smallest absolute Gasteiger partial charge is 0.251 e. The molecule has 18 heavy (non-hydrogen) atoms. The van der Waals surface area contributed by atoms with Gasteiger partial charge in [-0.3, -0.25) is 9.78 Å². The molecule has 0 spiro atoms. The number of hydrogen-bond donors (Lipinski definition) is 2. The van der Waals surface area contributed by atoms with Crippen LogP contribution in [-0.2, 0) is 6.61 Å². The van der Waals surface area contributed by atoms with Gasteiger partial charge < -0.3 is 10.4 Å². The van der Waals surface area contributed by atoms with Crippen molar-refractivity contribution in [3.63, 3.8) is 0 Å². The Hall–Kier alpha value is -1.42. The van der Waals surface area contributed by atoms with Gasteiger partial charge in [0.25, 0.3) is 5.91 Å². The summed E-state index contributed by atoms with van der Waals surface area (Å²) < 4.78 is 0. The summed E-state index contributed by atoms with van der Waals surface area (Å²) in [7, 11) is 0. The maximum absolute atomic E-state index is 11.9. The number of hydrogen-bond acceptors (Lipinski definition) is 3. The Morgan fingerprint density at radius 3 is 2.89 bits per heavy atom. The first kappa shape index (κ1) is 13.0. The van der Waals surface area contributed by atoms with E-state index in [9.17, 15) is 4.79 Å². The Balaban J connectivity index is 1.86. The van der Waals surface area contributed by atoms with Crippen molar-refractivity contribution >= 4 is 5.91 Å². The van der Waals surface area contributed by atoms with Crippen LogP contribution in [0.2, 0.25) is 0 Å². The topological polar surface area (TPSA) is 62.2 Å². The zero-order chi connectivity index (χ0) is 12.8. The monoisotopic (exact) mass is 248 g/mol. The number of amides is 1. The predicted octanol–water partition coefficient (Wildman–Crippen LogP) is 1.88. The first-order valence-electron chi connectivity index (χ1n) is 6.63. The Morgan fingerprint density at radius 1 is 1.39 bits per heavy atom. The highest BCUT2D eigenvalue weighted by molar-refractivity contribution is 5.94. The minimum Gasteiger partial charge on any atom is -0.390 e. The van der Waals surface area contributed by atoms with Crippen LogP contribution in [0.25, 0.3) is 0 Å². The lowest BCUT2D eigenvalue weighted by Crippen LogP contribution is -2.30. The molecular weight excluding hydrogens is 228 g/mol. The second kappa shape index (κ2) is 6.50. The molecule has 4 nitrogen and oxygen atoms in total. The van der Waals surface area contributed by atoms with Gasteiger partial charge in [0.05, 0.1) is 12.3 Å². The molecule has 2 N–H and O–H groups in total. The van der Waals surface area contributed by atoms with E-state index < -0.39 is 0 Å². The molecule has 0 atom stereocenters. The summed E-state index contributed by atoms with van der Waals surface area (Å²) in [4.78, 5) is 15.9. The van der Waals surface area contributed by atoms with Gasteiger partial charge in [0.15, 0.2) is 0 Å². The summed E-state index contributed by atoms with van der Waals surface area (Å²) in [5.74, 6) is 0.555. The molecule has 1 amide bonds. The summed E-state index contributed by atoms with van der Waals surface area (Å²) in [6, 6.07) is 3.31. The number of aliphatic hydroxyl groups is 1. The van der Waals surface area contributed by atoms with Crippen molar-refractivity contribution in [2.75, 3.05) is 6.54 Å². The molecule has 4 heteroatoms. The van der Waals surface area contributed by atoms with Crippen molar-refractivity contribution in [2.45, 2.75) is 38.7 Å². The molecular formula is C14H20N2O2. The number of carbonyl (C=O) groups excluding carboxylic acids is 1. The van der Waals surface area contributed by atoms with E-state index in [1.165, 1.54) is 32.1 Å². The summed E-state index contributed by atoms with van der Waals surface area (Å²) in [5, 5.41) is 12.0. The molecule has 1 aliphatic rings. The Morgan fingerprint density at radius 2 is 2.17 bits per heavy atom. The van der Waals surface area contributed by atoms with Crippen LogP contribution < -0.4 is 5.32 Å². The van der Waals surface area contributed by atoms with Gasteiger partial charge in [-0.25, -0.2) is 0 Å². The van der Waals surface area contributed by atoms with Crippen LogP contribution in [0.4, 0.5) is 0 Å². The average molecular weight is 248 g/mol. The van der Waals surface area contributed by atoms with Gasteiger partial charge in [0.2, 0.25) is 0 Å². The van der Waals surface area contributed by atoms with Crippen LogP contribution in [0.1, 0.15) is 48.2 Å². The van der Waals surface area contributed by atoms with E-state index in [4.69, 9.17) is 5.11 Å². The van der Waals surface area contributed by atoms with Crippen LogP contribution in [0.15, 0.2) is 18.3 Å². The van der Waals surface area contributed by atoms with Crippen LogP contribution in [-0.4, -0.2) is 22.5 Å². The van der Waals surface area contributed by atoms with Gasteiger partial charge in [-0.2, -0.15) is 0 Å². The number of nitrogens with one attached hydrogen (secondary N) is 1. The average Bonchev–Trinajstić information content (AvgIpc) is 2.46. The molecule has 2 rings (SSSR count). The molecule has 1 aliphatic carbocycles. The molecule has 98 valence electrons. The van der Waals surface area contributed by atoms with Crippen molar-refractivity contribution < 1.29 is 9.90 Å². The lowest BCUT2D eigenvalue weighted by Gasteiger charge is -2.21. The molecule has 1 heterocycles. The van der Waals surface area contributed by atoms with Gasteiger partial charge in [-0.05, 0) is 30.9 Å². The third kappa shape index (κ3) is 3.53. The number of aliphatic hydroxyl groups excluding tert-OH is 1. The number of carbonyl (C=O) groups is 1. The first-order valence-corrected chi connectivity index (χ1v) is 6.63. The van der Waals surface area contributed by atoms with Gasteiger partial charge in [0.1, 0.15) is 0 Å². The fourth-order valence-electron chi connectivity index (χ4n) is 2.44. The minimum absolute atomic E-state index is 0.0716. The molecule has 0 saturated heterocycles. The number of pyridine rings is 1. The minimum atomic E-state index is -0.135. The standard InChI is InChI=1S/C14H20N2O2/c17-10-13-8-12(6-7-15-13)14(18)16-9-11-4-2-1-3-5-11/h6-8,11,17H,1-5,9-10H2,(H,16,18). The van der Waals surface area contributed by atoms with Crippen molar-refractivity contribution in [1.82, 2.24) is 10.3 Å². The second-order valence-corrected chi connectivity index (χ2v) is 4.91. The molecule has 0 aliphatic heterocycles. The molecule has 1 fully saturated rings. The molecule has 1 aromatic rings. The van der Waals surface area contributed by atoms with Crippen molar-refractivity contribution in [3.05, 3.63) is 29.6 Å². The summed E-state index contributed by atoms with van der Waals surface area (Å²) in [6.45, 7) is 0.624. The fraction of sp³-hybridized carbons (Fsp3) is 0.571. The van der Waals surface area contributed by atoms with Crippen LogP contribution >= 0.6 is 0 Å². The summed E-state index contributed by atoms with van der Waals surface area (Å²) >= 11 is 0. The van der Waals surface area contributed by atoms with Gasteiger partial charge >= 0.3 is 0 Å². The van der Waals surface area contributed by atoms with Crippen molar-refractivity contribution in [1.29, 1.82) is 0 Å². The molecule has 1 saturated carbocycles. The molecule has 0 aromatic carbocycles. The number of nitrogens with zero attached hydrogens (tertiary/aromatic N) is 1. The van der Waals surface area contributed by atoms with Crippen LogP contribution in [0.5, 0.6) is 0 Å². The Bertz CT molecular complexity index is 401.